The van der Waals surface area contributed by atoms with Gasteiger partial charge in [-0.2, -0.15) is 13.2 Å². The lowest BCUT2D eigenvalue weighted by atomic mass is 10.1. The third kappa shape index (κ3) is 3.72. The van der Waals surface area contributed by atoms with Crippen LogP contribution in [0.25, 0.3) is 0 Å². The summed E-state index contributed by atoms with van der Waals surface area (Å²) in [5, 5.41) is 9.30. The maximum Gasteiger partial charge on any atom is 0.416 e. The zero-order chi connectivity index (χ0) is 13.1. The number of benzene rings is 1. The van der Waals surface area contributed by atoms with E-state index in [1.807, 2.05) is 0 Å². The minimum absolute atomic E-state index is 0.0132. The Hall–Kier alpha value is -2.16. The lowest BCUT2D eigenvalue weighted by Crippen LogP contribution is -2.08. The molecule has 0 bridgehead atoms. The summed E-state index contributed by atoms with van der Waals surface area (Å²) >= 11 is 0. The lowest BCUT2D eigenvalue weighted by Gasteiger charge is -2.07. The Morgan fingerprint density at radius 2 is 2.06 bits per heavy atom. The molecule has 0 aromatic heterocycles. The monoisotopic (exact) mass is 243 g/mol. The van der Waals surface area contributed by atoms with E-state index in [-0.39, 0.29) is 12.0 Å². The number of phenols is 1. The van der Waals surface area contributed by atoms with Gasteiger partial charge < -0.3 is 10.8 Å². The number of nitrogens with two attached hydrogens (primary N) is 1. The van der Waals surface area contributed by atoms with Crippen molar-refractivity contribution >= 4 is 5.91 Å². The summed E-state index contributed by atoms with van der Waals surface area (Å²) in [6.07, 6.45) is -4.74. The fraction of sp³-hybridized carbons (Fsp3) is 0.182. The smallest absolute Gasteiger partial charge is 0.416 e. The van der Waals surface area contributed by atoms with Crippen molar-refractivity contribution in [2.45, 2.75) is 12.6 Å². The first-order chi connectivity index (χ1) is 7.80. The number of hydrogen-bond acceptors (Lipinski definition) is 2. The van der Waals surface area contributed by atoms with Crippen molar-refractivity contribution in [3.05, 3.63) is 29.3 Å². The Balaban J connectivity index is 2.97. The predicted molar refractivity (Wildman–Crippen MR) is 53.8 cm³/mol. The number of primary amides is 1. The molecule has 0 heterocycles. The normalized spacial score (nSPS) is 10.5. The Morgan fingerprint density at radius 1 is 1.41 bits per heavy atom. The van der Waals surface area contributed by atoms with Crippen LogP contribution in [0.5, 0.6) is 5.75 Å². The molecule has 1 amide bonds. The molecule has 0 aliphatic rings. The van der Waals surface area contributed by atoms with Crippen molar-refractivity contribution in [1.29, 1.82) is 0 Å². The third-order valence-corrected chi connectivity index (χ3v) is 1.81. The maximum absolute atomic E-state index is 12.2. The quantitative estimate of drug-likeness (QED) is 0.736. The van der Waals surface area contributed by atoms with E-state index in [9.17, 15) is 23.1 Å². The van der Waals surface area contributed by atoms with Gasteiger partial charge in [0.1, 0.15) is 5.75 Å². The molecule has 1 rings (SSSR count). The molecule has 0 spiro atoms. The van der Waals surface area contributed by atoms with Crippen molar-refractivity contribution in [2.24, 2.45) is 5.73 Å². The van der Waals surface area contributed by atoms with Crippen LogP contribution in [-0.2, 0) is 11.0 Å². The Morgan fingerprint density at radius 3 is 2.53 bits per heavy atom. The van der Waals surface area contributed by atoms with E-state index in [0.29, 0.717) is 6.07 Å². The number of rotatable bonds is 1. The molecule has 0 fully saturated rings. The molecule has 6 heteroatoms. The summed E-state index contributed by atoms with van der Waals surface area (Å²) in [5.41, 5.74) is 3.87. The molecule has 0 aliphatic heterocycles. The fourth-order valence-electron chi connectivity index (χ4n) is 1.04. The first-order valence-electron chi connectivity index (χ1n) is 4.48. The van der Waals surface area contributed by atoms with Crippen LogP contribution in [0.1, 0.15) is 17.5 Å². The second-order valence-electron chi connectivity index (χ2n) is 3.17. The minimum atomic E-state index is -4.52. The van der Waals surface area contributed by atoms with Crippen LogP contribution in [-0.4, -0.2) is 11.0 Å². The van der Waals surface area contributed by atoms with Gasteiger partial charge in [-0.05, 0) is 18.2 Å². The number of alkyl halides is 3. The number of phenolic OH excluding ortho intramolecular Hbond substituents is 1. The molecule has 17 heavy (non-hydrogen) atoms. The van der Waals surface area contributed by atoms with Gasteiger partial charge in [-0.3, -0.25) is 4.79 Å². The number of aromatic hydroxyl groups is 1. The van der Waals surface area contributed by atoms with E-state index < -0.39 is 23.4 Å². The standard InChI is InChI=1S/C11H8F3NO2/c12-11(13,14)8-5-4-7(9(16)6-8)2-1-3-10(15)17/h4-6,16H,3H2,(H2,15,17). The van der Waals surface area contributed by atoms with Gasteiger partial charge in [0.05, 0.1) is 17.5 Å². The maximum atomic E-state index is 12.2. The number of halogens is 3. The molecule has 3 N–H and O–H groups in total. The average Bonchev–Trinajstić information content (AvgIpc) is 2.18. The second kappa shape index (κ2) is 4.78. The van der Waals surface area contributed by atoms with Crippen molar-refractivity contribution in [3.8, 4) is 17.6 Å². The minimum Gasteiger partial charge on any atom is -0.507 e. The summed E-state index contributed by atoms with van der Waals surface area (Å²) in [4.78, 5) is 10.4. The molecule has 0 saturated heterocycles. The van der Waals surface area contributed by atoms with Crippen LogP contribution in [0.15, 0.2) is 18.2 Å². The van der Waals surface area contributed by atoms with Crippen molar-refractivity contribution in [1.82, 2.24) is 0 Å². The largest absolute Gasteiger partial charge is 0.507 e. The van der Waals surface area contributed by atoms with E-state index in [4.69, 9.17) is 5.73 Å². The van der Waals surface area contributed by atoms with E-state index in [1.54, 1.807) is 0 Å². The fourth-order valence-corrected chi connectivity index (χ4v) is 1.04. The molecule has 1 aromatic carbocycles. The Bertz CT molecular complexity index is 498. The summed E-state index contributed by atoms with van der Waals surface area (Å²) in [6, 6.07) is 2.41. The topological polar surface area (TPSA) is 63.3 Å². The highest BCUT2D eigenvalue weighted by molar-refractivity contribution is 5.76. The van der Waals surface area contributed by atoms with Crippen LogP contribution >= 0.6 is 0 Å². The zero-order valence-corrected chi connectivity index (χ0v) is 8.51. The second-order valence-corrected chi connectivity index (χ2v) is 3.17. The van der Waals surface area contributed by atoms with E-state index in [2.05, 4.69) is 11.8 Å². The molecule has 90 valence electrons. The number of hydrogen-bond donors (Lipinski definition) is 2. The molecule has 0 atom stereocenters. The van der Waals surface area contributed by atoms with Crippen LogP contribution in [0.3, 0.4) is 0 Å². The predicted octanol–water partition coefficient (Wildman–Crippen LogP) is 1.64. The molecule has 0 unspecified atom stereocenters. The van der Waals surface area contributed by atoms with Gasteiger partial charge in [-0.15, -0.1) is 0 Å². The molecule has 0 saturated carbocycles. The summed E-state index contributed by atoms with van der Waals surface area (Å²) in [5.74, 6) is 3.45. The van der Waals surface area contributed by atoms with Crippen LogP contribution in [0.2, 0.25) is 0 Å². The van der Waals surface area contributed by atoms with Gasteiger partial charge in [0.25, 0.3) is 0 Å². The molecule has 3 nitrogen and oxygen atoms in total. The third-order valence-electron chi connectivity index (χ3n) is 1.81. The van der Waals surface area contributed by atoms with Gasteiger partial charge in [0.15, 0.2) is 0 Å². The number of carbonyl (C=O) groups is 1. The summed E-state index contributed by atoms with van der Waals surface area (Å²) in [6.45, 7) is 0. The highest BCUT2D eigenvalue weighted by atomic mass is 19.4. The molecular weight excluding hydrogens is 235 g/mol. The molecule has 0 radical (unpaired) electrons. The molecule has 1 aromatic rings. The van der Waals surface area contributed by atoms with Gasteiger partial charge in [0.2, 0.25) is 5.91 Å². The lowest BCUT2D eigenvalue weighted by molar-refractivity contribution is -0.137. The SMILES string of the molecule is NC(=O)CC#Cc1ccc(C(F)(F)F)cc1O. The van der Waals surface area contributed by atoms with E-state index in [0.717, 1.165) is 12.1 Å². The van der Waals surface area contributed by atoms with Gasteiger partial charge in [-0.1, -0.05) is 11.8 Å². The van der Waals surface area contributed by atoms with Crippen LogP contribution in [0, 0.1) is 11.8 Å². The number of carbonyl (C=O) groups excluding carboxylic acids is 1. The van der Waals surface area contributed by atoms with Crippen molar-refractivity contribution in [3.63, 3.8) is 0 Å². The van der Waals surface area contributed by atoms with Crippen LogP contribution in [0.4, 0.5) is 13.2 Å². The van der Waals surface area contributed by atoms with Crippen molar-refractivity contribution in [2.75, 3.05) is 0 Å². The van der Waals surface area contributed by atoms with Gasteiger partial charge >= 0.3 is 6.18 Å². The van der Waals surface area contributed by atoms with E-state index in [1.165, 1.54) is 0 Å². The highest BCUT2D eigenvalue weighted by Crippen LogP contribution is 2.32. The van der Waals surface area contributed by atoms with Gasteiger partial charge in [0, 0.05) is 0 Å². The average molecular weight is 243 g/mol. The van der Waals surface area contributed by atoms with Gasteiger partial charge in [-0.25, -0.2) is 0 Å². The van der Waals surface area contributed by atoms with E-state index >= 15 is 0 Å². The highest BCUT2D eigenvalue weighted by Gasteiger charge is 2.30. The molecule has 0 aliphatic carbocycles. The first-order valence-corrected chi connectivity index (χ1v) is 4.48. The van der Waals surface area contributed by atoms with Crippen molar-refractivity contribution < 1.29 is 23.1 Å². The molecular formula is C11H8F3NO2. The Kier molecular flexibility index (Phi) is 3.63. The summed E-state index contributed by atoms with van der Waals surface area (Å²) in [7, 11) is 0. The summed E-state index contributed by atoms with van der Waals surface area (Å²) < 4.78 is 36.7. The Labute approximate surface area is 95.0 Å². The zero-order valence-electron chi connectivity index (χ0n) is 8.51. The first kappa shape index (κ1) is 12.9. The van der Waals surface area contributed by atoms with Crippen LogP contribution < -0.4 is 5.73 Å². The number of amides is 1.